The molecule has 1 aromatic heterocycles. The van der Waals surface area contributed by atoms with Crippen LogP contribution in [0.3, 0.4) is 0 Å². The highest BCUT2D eigenvalue weighted by Gasteiger charge is 2.46. The van der Waals surface area contributed by atoms with Gasteiger partial charge in [-0.3, -0.25) is 4.79 Å². The molecule has 2 heterocycles. The molecule has 2 atom stereocenters. The van der Waals surface area contributed by atoms with Gasteiger partial charge in [0.15, 0.2) is 0 Å². The number of oxazole rings is 1. The molecule has 1 saturated heterocycles. The van der Waals surface area contributed by atoms with E-state index in [0.717, 1.165) is 16.0 Å². The molecule has 2 aromatic carbocycles. The van der Waals surface area contributed by atoms with Crippen LogP contribution in [0, 0.1) is 0 Å². The van der Waals surface area contributed by atoms with Gasteiger partial charge in [0.1, 0.15) is 5.76 Å². The predicted molar refractivity (Wildman–Crippen MR) is 96.7 cm³/mol. The van der Waals surface area contributed by atoms with Gasteiger partial charge in [0.25, 0.3) is 12.0 Å². The number of benzene rings is 2. The summed E-state index contributed by atoms with van der Waals surface area (Å²) in [5.41, 5.74) is 1.91. The number of amides is 2. The Balaban J connectivity index is 1.52. The zero-order chi connectivity index (χ0) is 18.8. The number of hydrogen-bond donors (Lipinski definition) is 0. The largest absolute Gasteiger partial charge is 0.441 e. The van der Waals surface area contributed by atoms with Crippen LogP contribution in [0.25, 0.3) is 0 Å². The molecule has 0 saturated carbocycles. The Kier molecular flexibility index (Phi) is 4.46. The number of cyclic esters (lactones) is 1. The Hall–Kier alpha value is -3.41. The van der Waals surface area contributed by atoms with Crippen molar-refractivity contribution in [3.05, 3.63) is 89.6 Å². The first kappa shape index (κ1) is 17.0. The smallest absolute Gasteiger partial charge is 0.418 e. The average molecular weight is 362 g/mol. The standard InChI is InChI=1S/C21H18N2O4/c1-14(16-10-6-3-7-11-16)23-20(24)18(27-21(23)25)19-22-13-17(26-19)12-15-8-4-2-5-9-15/h2-11,13-14,18H,12H2,1H3. The summed E-state index contributed by atoms with van der Waals surface area (Å²) in [5, 5.41) is 0. The number of carbonyl (C=O) groups is 2. The van der Waals surface area contributed by atoms with E-state index in [9.17, 15) is 9.59 Å². The van der Waals surface area contributed by atoms with Crippen LogP contribution in [-0.2, 0) is 16.0 Å². The Morgan fingerprint density at radius 1 is 1.04 bits per heavy atom. The molecule has 27 heavy (non-hydrogen) atoms. The molecule has 0 spiro atoms. The summed E-state index contributed by atoms with van der Waals surface area (Å²) >= 11 is 0. The van der Waals surface area contributed by atoms with E-state index >= 15 is 0 Å². The van der Waals surface area contributed by atoms with Crippen molar-refractivity contribution in [3.8, 4) is 0 Å². The molecule has 0 aliphatic carbocycles. The summed E-state index contributed by atoms with van der Waals surface area (Å²) in [5.74, 6) is 0.237. The first-order valence-electron chi connectivity index (χ1n) is 8.70. The summed E-state index contributed by atoms with van der Waals surface area (Å²) in [4.78, 5) is 30.3. The average Bonchev–Trinajstić information content (AvgIpc) is 3.26. The van der Waals surface area contributed by atoms with Crippen molar-refractivity contribution in [2.24, 2.45) is 0 Å². The first-order valence-corrected chi connectivity index (χ1v) is 8.70. The maximum absolute atomic E-state index is 12.8. The van der Waals surface area contributed by atoms with Crippen molar-refractivity contribution < 1.29 is 18.7 Å². The molecule has 1 aliphatic heterocycles. The van der Waals surface area contributed by atoms with Crippen LogP contribution in [0.15, 0.2) is 71.3 Å². The minimum atomic E-state index is -1.15. The van der Waals surface area contributed by atoms with Gasteiger partial charge in [0.05, 0.1) is 12.2 Å². The minimum Gasteiger partial charge on any atom is -0.441 e. The Labute approximate surface area is 156 Å². The molecule has 136 valence electrons. The second-order valence-corrected chi connectivity index (χ2v) is 6.39. The topological polar surface area (TPSA) is 72.6 Å². The van der Waals surface area contributed by atoms with E-state index in [1.807, 2.05) is 60.7 Å². The van der Waals surface area contributed by atoms with Crippen LogP contribution in [-0.4, -0.2) is 21.9 Å². The normalized spacial score (nSPS) is 17.8. The highest BCUT2D eigenvalue weighted by atomic mass is 16.6. The van der Waals surface area contributed by atoms with Gasteiger partial charge in [-0.2, -0.15) is 0 Å². The fourth-order valence-electron chi connectivity index (χ4n) is 3.13. The zero-order valence-electron chi connectivity index (χ0n) is 14.7. The number of nitrogens with zero attached hydrogens (tertiary/aromatic N) is 2. The van der Waals surface area contributed by atoms with E-state index in [-0.39, 0.29) is 5.89 Å². The summed E-state index contributed by atoms with van der Waals surface area (Å²) in [6, 6.07) is 18.7. The number of imide groups is 1. The van der Waals surface area contributed by atoms with Crippen molar-refractivity contribution >= 4 is 12.0 Å². The highest BCUT2D eigenvalue weighted by molar-refractivity contribution is 6.00. The number of carbonyl (C=O) groups excluding carboxylic acids is 2. The van der Waals surface area contributed by atoms with Crippen LogP contribution >= 0.6 is 0 Å². The summed E-state index contributed by atoms with van der Waals surface area (Å²) in [6.07, 6.45) is 0.275. The van der Waals surface area contributed by atoms with E-state index in [1.54, 1.807) is 13.1 Å². The molecule has 2 amide bonds. The quantitative estimate of drug-likeness (QED) is 0.685. The molecule has 1 aliphatic rings. The van der Waals surface area contributed by atoms with E-state index in [0.29, 0.717) is 12.2 Å². The fourth-order valence-corrected chi connectivity index (χ4v) is 3.13. The monoisotopic (exact) mass is 362 g/mol. The molecule has 0 N–H and O–H groups in total. The molecule has 4 rings (SSSR count). The van der Waals surface area contributed by atoms with Crippen LogP contribution < -0.4 is 0 Å². The van der Waals surface area contributed by atoms with Crippen molar-refractivity contribution in [1.29, 1.82) is 0 Å². The van der Waals surface area contributed by atoms with Gasteiger partial charge in [-0.05, 0) is 18.1 Å². The molecule has 2 unspecified atom stereocenters. The minimum absolute atomic E-state index is 0.0991. The lowest BCUT2D eigenvalue weighted by Gasteiger charge is -2.20. The third kappa shape index (κ3) is 3.33. The van der Waals surface area contributed by atoms with Crippen LogP contribution in [0.2, 0.25) is 0 Å². The van der Waals surface area contributed by atoms with Gasteiger partial charge in [0.2, 0.25) is 5.89 Å². The van der Waals surface area contributed by atoms with Gasteiger partial charge in [-0.15, -0.1) is 0 Å². The van der Waals surface area contributed by atoms with Gasteiger partial charge in [-0.25, -0.2) is 14.7 Å². The molecule has 0 radical (unpaired) electrons. The van der Waals surface area contributed by atoms with E-state index in [4.69, 9.17) is 9.15 Å². The molecule has 1 fully saturated rings. The zero-order valence-corrected chi connectivity index (χ0v) is 14.7. The Bertz CT molecular complexity index is 953. The number of aromatic nitrogens is 1. The maximum atomic E-state index is 12.8. The van der Waals surface area contributed by atoms with Gasteiger partial charge >= 0.3 is 6.09 Å². The lowest BCUT2D eigenvalue weighted by Crippen LogP contribution is -2.32. The molecule has 0 bridgehead atoms. The summed E-state index contributed by atoms with van der Waals surface area (Å²) in [6.45, 7) is 1.78. The SMILES string of the molecule is CC(c1ccccc1)N1C(=O)OC(c2ncc(Cc3ccccc3)o2)C1=O. The van der Waals surface area contributed by atoms with Crippen molar-refractivity contribution in [2.45, 2.75) is 25.5 Å². The fraction of sp³-hybridized carbons (Fsp3) is 0.190. The van der Waals surface area contributed by atoms with Crippen LogP contribution in [0.4, 0.5) is 4.79 Å². The van der Waals surface area contributed by atoms with Crippen molar-refractivity contribution in [2.75, 3.05) is 0 Å². The van der Waals surface area contributed by atoms with Crippen molar-refractivity contribution in [3.63, 3.8) is 0 Å². The van der Waals surface area contributed by atoms with E-state index in [1.165, 1.54) is 0 Å². The van der Waals surface area contributed by atoms with Gasteiger partial charge in [0, 0.05) is 6.42 Å². The molecule has 6 nitrogen and oxygen atoms in total. The number of ether oxygens (including phenoxy) is 1. The van der Waals surface area contributed by atoms with Gasteiger partial charge in [-0.1, -0.05) is 60.7 Å². The lowest BCUT2D eigenvalue weighted by molar-refractivity contribution is -0.131. The second-order valence-electron chi connectivity index (χ2n) is 6.39. The highest BCUT2D eigenvalue weighted by Crippen LogP contribution is 2.33. The van der Waals surface area contributed by atoms with E-state index < -0.39 is 24.1 Å². The number of hydrogen-bond acceptors (Lipinski definition) is 5. The van der Waals surface area contributed by atoms with Gasteiger partial charge < -0.3 is 9.15 Å². The van der Waals surface area contributed by atoms with E-state index in [2.05, 4.69) is 4.98 Å². The van der Waals surface area contributed by atoms with Crippen molar-refractivity contribution in [1.82, 2.24) is 9.88 Å². The molecular formula is C21H18N2O4. The first-order chi connectivity index (χ1) is 13.1. The lowest BCUT2D eigenvalue weighted by atomic mass is 10.1. The third-order valence-corrected chi connectivity index (χ3v) is 4.56. The number of rotatable bonds is 5. The molecule has 3 aromatic rings. The Morgan fingerprint density at radius 2 is 1.70 bits per heavy atom. The second kappa shape index (κ2) is 7.07. The maximum Gasteiger partial charge on any atom is 0.418 e. The van der Waals surface area contributed by atoms with Crippen LogP contribution in [0.5, 0.6) is 0 Å². The molecular weight excluding hydrogens is 344 g/mol. The summed E-state index contributed by atoms with van der Waals surface area (Å²) in [7, 11) is 0. The third-order valence-electron chi connectivity index (χ3n) is 4.56. The molecule has 6 heteroatoms. The Morgan fingerprint density at radius 3 is 2.41 bits per heavy atom. The predicted octanol–water partition coefficient (Wildman–Crippen LogP) is 4.05. The van der Waals surface area contributed by atoms with Crippen LogP contribution in [0.1, 0.15) is 41.8 Å². The summed E-state index contributed by atoms with van der Waals surface area (Å²) < 4.78 is 10.9.